The molecule has 2 N–H and O–H groups in total. The molecule has 0 unspecified atom stereocenters. The first-order valence-electron chi connectivity index (χ1n) is 9.38. The minimum Gasteiger partial charge on any atom is -0.352 e. The number of amides is 1. The van der Waals surface area contributed by atoms with Crippen LogP contribution in [0.1, 0.15) is 30.0 Å². The topological polar surface area (TPSA) is 95.2 Å². The molecule has 1 aromatic heterocycles. The van der Waals surface area contributed by atoms with Crippen LogP contribution in [-0.4, -0.2) is 48.2 Å². The number of rotatable bonds is 8. The number of nitrogens with one attached hydrogen (secondary N) is 2. The molecular weight excluding hydrogens is 412 g/mol. The number of aromatic nitrogens is 2. The van der Waals surface area contributed by atoms with Crippen LogP contribution in [0.3, 0.4) is 0 Å². The number of hydrogen-bond acceptors (Lipinski definition) is 4. The second-order valence-corrected chi connectivity index (χ2v) is 8.78. The molecule has 3 rings (SSSR count). The Kier molecular flexibility index (Phi) is 6.56. The van der Waals surface area contributed by atoms with E-state index in [4.69, 9.17) is 11.6 Å². The van der Waals surface area contributed by atoms with E-state index in [0.717, 1.165) is 16.9 Å². The molecule has 1 heterocycles. The number of benzene rings is 2. The number of imidazole rings is 1. The van der Waals surface area contributed by atoms with E-state index in [2.05, 4.69) is 15.3 Å². The molecule has 0 saturated carbocycles. The van der Waals surface area contributed by atoms with E-state index in [-0.39, 0.29) is 15.5 Å². The van der Waals surface area contributed by atoms with Crippen LogP contribution in [0.25, 0.3) is 11.0 Å². The van der Waals surface area contributed by atoms with Crippen LogP contribution >= 0.6 is 11.6 Å². The van der Waals surface area contributed by atoms with Gasteiger partial charge >= 0.3 is 0 Å². The van der Waals surface area contributed by atoms with Crippen molar-refractivity contribution in [3.05, 3.63) is 58.9 Å². The van der Waals surface area contributed by atoms with Crippen molar-refractivity contribution in [2.24, 2.45) is 0 Å². The Bertz CT molecular complexity index is 1090. The number of sulfonamides is 1. The molecule has 7 nitrogen and oxygen atoms in total. The van der Waals surface area contributed by atoms with Gasteiger partial charge in [-0.25, -0.2) is 13.4 Å². The van der Waals surface area contributed by atoms with E-state index >= 15 is 0 Å². The molecule has 0 spiro atoms. The number of hydrogen-bond donors (Lipinski definition) is 2. The van der Waals surface area contributed by atoms with Gasteiger partial charge in [0.1, 0.15) is 5.82 Å². The first-order valence-corrected chi connectivity index (χ1v) is 11.2. The lowest BCUT2D eigenvalue weighted by atomic mass is 10.2. The fourth-order valence-corrected chi connectivity index (χ4v) is 4.75. The summed E-state index contributed by atoms with van der Waals surface area (Å²) in [6, 6.07) is 11.9. The molecule has 29 heavy (non-hydrogen) atoms. The van der Waals surface area contributed by atoms with E-state index in [0.29, 0.717) is 26.1 Å². The maximum atomic E-state index is 12.7. The third kappa shape index (κ3) is 4.60. The number of aromatic amines is 1. The van der Waals surface area contributed by atoms with Crippen LogP contribution in [-0.2, 0) is 16.4 Å². The van der Waals surface area contributed by atoms with Crippen LogP contribution in [0.15, 0.2) is 47.4 Å². The van der Waals surface area contributed by atoms with Gasteiger partial charge in [0.2, 0.25) is 10.0 Å². The predicted molar refractivity (Wildman–Crippen MR) is 114 cm³/mol. The molecule has 0 fully saturated rings. The molecule has 0 radical (unpaired) electrons. The van der Waals surface area contributed by atoms with Crippen molar-refractivity contribution >= 4 is 38.6 Å². The highest BCUT2D eigenvalue weighted by Crippen LogP contribution is 2.23. The van der Waals surface area contributed by atoms with Crippen molar-refractivity contribution in [1.29, 1.82) is 0 Å². The van der Waals surface area contributed by atoms with Gasteiger partial charge in [-0.05, 0) is 30.3 Å². The molecule has 3 aromatic rings. The summed E-state index contributed by atoms with van der Waals surface area (Å²) in [4.78, 5) is 20.3. The lowest BCUT2D eigenvalue weighted by Gasteiger charge is -2.19. The van der Waals surface area contributed by atoms with Crippen LogP contribution in [0.4, 0.5) is 0 Å². The maximum absolute atomic E-state index is 12.7. The maximum Gasteiger partial charge on any atom is 0.252 e. The van der Waals surface area contributed by atoms with Crippen molar-refractivity contribution in [3.63, 3.8) is 0 Å². The Morgan fingerprint density at radius 1 is 1.17 bits per heavy atom. The number of carbonyl (C=O) groups is 1. The number of para-hydroxylation sites is 2. The number of carbonyl (C=O) groups excluding carboxylic acids is 1. The highest BCUT2D eigenvalue weighted by molar-refractivity contribution is 7.89. The molecule has 0 aliphatic heterocycles. The molecular formula is C20H23ClN4O3S. The predicted octanol–water partition coefficient (Wildman–Crippen LogP) is 3.22. The van der Waals surface area contributed by atoms with Gasteiger partial charge < -0.3 is 10.3 Å². The van der Waals surface area contributed by atoms with Crippen molar-refractivity contribution in [2.45, 2.75) is 25.2 Å². The highest BCUT2D eigenvalue weighted by Gasteiger charge is 2.23. The van der Waals surface area contributed by atoms with Gasteiger partial charge in [-0.3, -0.25) is 4.79 Å². The van der Waals surface area contributed by atoms with E-state index in [1.165, 1.54) is 22.5 Å². The largest absolute Gasteiger partial charge is 0.352 e. The fourth-order valence-electron chi connectivity index (χ4n) is 3.07. The Morgan fingerprint density at radius 3 is 2.59 bits per heavy atom. The summed E-state index contributed by atoms with van der Waals surface area (Å²) in [5.41, 5.74) is 1.93. The number of halogens is 1. The van der Waals surface area contributed by atoms with E-state index < -0.39 is 15.9 Å². The minimum atomic E-state index is -3.67. The van der Waals surface area contributed by atoms with Gasteiger partial charge in [0.15, 0.2) is 0 Å². The zero-order valence-electron chi connectivity index (χ0n) is 16.3. The molecule has 154 valence electrons. The zero-order valence-corrected chi connectivity index (χ0v) is 17.8. The van der Waals surface area contributed by atoms with Gasteiger partial charge in [-0.15, -0.1) is 0 Å². The Balaban J connectivity index is 1.71. The van der Waals surface area contributed by atoms with Gasteiger partial charge in [-0.2, -0.15) is 4.31 Å². The van der Waals surface area contributed by atoms with Crippen LogP contribution in [0.5, 0.6) is 0 Å². The lowest BCUT2D eigenvalue weighted by Crippen LogP contribution is -2.31. The van der Waals surface area contributed by atoms with Crippen molar-refractivity contribution in [2.75, 3.05) is 19.6 Å². The Morgan fingerprint density at radius 2 is 1.90 bits per heavy atom. The molecule has 0 saturated heterocycles. The van der Waals surface area contributed by atoms with E-state index in [1.807, 2.05) is 24.3 Å². The van der Waals surface area contributed by atoms with Crippen molar-refractivity contribution in [1.82, 2.24) is 19.6 Å². The molecule has 0 aliphatic rings. The van der Waals surface area contributed by atoms with Gasteiger partial charge in [-0.1, -0.05) is 37.6 Å². The number of nitrogens with zero attached hydrogens (tertiary/aromatic N) is 2. The molecule has 0 bridgehead atoms. The SMILES string of the molecule is CCN(CC)S(=O)(=O)c1ccc(Cl)c(C(=O)NCCc2nc3ccccc3[nH]2)c1. The number of fused-ring (bicyclic) bond motifs is 1. The van der Waals surface area contributed by atoms with Gasteiger partial charge in [0, 0.05) is 26.1 Å². The summed E-state index contributed by atoms with van der Waals surface area (Å²) in [5.74, 6) is 0.332. The van der Waals surface area contributed by atoms with Gasteiger partial charge in [0.05, 0.1) is 26.5 Å². The summed E-state index contributed by atoms with van der Waals surface area (Å²) in [5, 5.41) is 2.98. The van der Waals surface area contributed by atoms with Crippen LogP contribution < -0.4 is 5.32 Å². The smallest absolute Gasteiger partial charge is 0.252 e. The average molecular weight is 435 g/mol. The summed E-state index contributed by atoms with van der Waals surface area (Å²) >= 11 is 6.15. The fraction of sp³-hybridized carbons (Fsp3) is 0.300. The molecule has 9 heteroatoms. The van der Waals surface area contributed by atoms with Gasteiger partial charge in [0.25, 0.3) is 5.91 Å². The molecule has 0 atom stereocenters. The Labute approximate surface area is 175 Å². The average Bonchev–Trinajstić information content (AvgIpc) is 3.11. The molecule has 2 aromatic carbocycles. The zero-order chi connectivity index (χ0) is 21.0. The van der Waals surface area contributed by atoms with Crippen LogP contribution in [0.2, 0.25) is 5.02 Å². The quantitative estimate of drug-likeness (QED) is 0.569. The second kappa shape index (κ2) is 8.94. The third-order valence-electron chi connectivity index (χ3n) is 4.61. The normalized spacial score (nSPS) is 11.9. The monoisotopic (exact) mass is 434 g/mol. The summed E-state index contributed by atoms with van der Waals surface area (Å²) in [6.45, 7) is 4.56. The second-order valence-electron chi connectivity index (χ2n) is 6.44. The summed E-state index contributed by atoms with van der Waals surface area (Å²) in [6.07, 6.45) is 0.509. The van der Waals surface area contributed by atoms with Crippen LogP contribution in [0, 0.1) is 0 Å². The first kappa shape index (κ1) is 21.3. The lowest BCUT2D eigenvalue weighted by molar-refractivity contribution is 0.0954. The highest BCUT2D eigenvalue weighted by atomic mass is 35.5. The minimum absolute atomic E-state index is 0.0491. The molecule has 1 amide bonds. The third-order valence-corrected chi connectivity index (χ3v) is 6.99. The summed E-state index contributed by atoms with van der Waals surface area (Å²) in [7, 11) is -3.67. The van der Waals surface area contributed by atoms with Crippen molar-refractivity contribution < 1.29 is 13.2 Å². The standard InChI is InChI=1S/C20H23ClN4O3S/c1-3-25(4-2)29(27,28)14-9-10-16(21)15(13-14)20(26)22-12-11-19-23-17-7-5-6-8-18(17)24-19/h5-10,13H,3-4,11-12H2,1-2H3,(H,22,26)(H,23,24). The first-order chi connectivity index (χ1) is 13.9. The van der Waals surface area contributed by atoms with Crippen molar-refractivity contribution in [3.8, 4) is 0 Å². The summed E-state index contributed by atoms with van der Waals surface area (Å²) < 4.78 is 26.7. The molecule has 0 aliphatic carbocycles. The number of H-pyrrole nitrogens is 1. The van der Waals surface area contributed by atoms with E-state index in [1.54, 1.807) is 13.8 Å². The Hall–Kier alpha value is -2.42. The van der Waals surface area contributed by atoms with E-state index in [9.17, 15) is 13.2 Å².